The van der Waals surface area contributed by atoms with Crippen molar-refractivity contribution in [1.82, 2.24) is 14.9 Å². The number of rotatable bonds is 7. The molecule has 6 heteroatoms. The maximum Gasteiger partial charge on any atom is 0.146 e. The minimum Gasteiger partial charge on any atom is -0.457 e. The maximum absolute atomic E-state index is 9.37. The van der Waals surface area contributed by atoms with E-state index in [0.29, 0.717) is 17.3 Å². The van der Waals surface area contributed by atoms with E-state index in [-0.39, 0.29) is 0 Å². The first-order chi connectivity index (χ1) is 14.6. The zero-order chi connectivity index (χ0) is 20.9. The van der Waals surface area contributed by atoms with Gasteiger partial charge in [0.2, 0.25) is 0 Å². The van der Waals surface area contributed by atoms with E-state index in [2.05, 4.69) is 52.5 Å². The number of aromatic amines is 1. The van der Waals surface area contributed by atoms with Gasteiger partial charge in [0.1, 0.15) is 29.1 Å². The number of nitrogens with one attached hydrogen (secondary N) is 2. The molecule has 0 unspecified atom stereocenters. The van der Waals surface area contributed by atoms with E-state index < -0.39 is 0 Å². The molecule has 0 aliphatic heterocycles. The van der Waals surface area contributed by atoms with Crippen molar-refractivity contribution in [2.75, 3.05) is 26.0 Å². The number of hydrogen-bond acceptors (Lipinski definition) is 5. The summed E-state index contributed by atoms with van der Waals surface area (Å²) in [5.41, 5.74) is 3.45. The molecule has 2 aromatic heterocycles. The van der Waals surface area contributed by atoms with Crippen molar-refractivity contribution in [3.63, 3.8) is 0 Å². The van der Waals surface area contributed by atoms with Crippen LogP contribution in [0.1, 0.15) is 11.3 Å². The number of hydrogen-bond donors (Lipinski definition) is 2. The molecule has 0 radical (unpaired) electrons. The first kappa shape index (κ1) is 19.5. The first-order valence-electron chi connectivity index (χ1n) is 9.77. The van der Waals surface area contributed by atoms with Gasteiger partial charge >= 0.3 is 0 Å². The molecule has 0 amide bonds. The highest BCUT2D eigenvalue weighted by atomic mass is 16.5. The van der Waals surface area contributed by atoms with Gasteiger partial charge in [0, 0.05) is 36.1 Å². The Kier molecular flexibility index (Phi) is 5.64. The van der Waals surface area contributed by atoms with Crippen LogP contribution in [0, 0.1) is 11.3 Å². The van der Waals surface area contributed by atoms with Gasteiger partial charge in [0.05, 0.1) is 0 Å². The average molecular weight is 397 g/mol. The van der Waals surface area contributed by atoms with E-state index in [1.165, 1.54) is 5.56 Å². The van der Waals surface area contributed by atoms with E-state index in [1.54, 1.807) is 12.1 Å². The van der Waals surface area contributed by atoms with Crippen molar-refractivity contribution >= 4 is 22.4 Å². The Balaban J connectivity index is 1.51. The number of fused-ring (bicyclic) bond motifs is 1. The second-order valence-electron chi connectivity index (χ2n) is 7.39. The average Bonchev–Trinajstić information content (AvgIpc) is 3.21. The fourth-order valence-corrected chi connectivity index (χ4v) is 3.17. The Morgan fingerprint density at radius 1 is 1.03 bits per heavy atom. The zero-order valence-electron chi connectivity index (χ0n) is 17.0. The normalized spacial score (nSPS) is 10.9. The Morgan fingerprint density at radius 2 is 1.87 bits per heavy atom. The Hall–Kier alpha value is -3.82. The van der Waals surface area contributed by atoms with E-state index in [0.717, 1.165) is 35.3 Å². The van der Waals surface area contributed by atoms with Crippen LogP contribution >= 0.6 is 0 Å². The largest absolute Gasteiger partial charge is 0.457 e. The second-order valence-corrected chi connectivity index (χ2v) is 7.39. The fraction of sp³-hybridized carbons (Fsp3) is 0.167. The molecule has 0 aliphatic rings. The van der Waals surface area contributed by atoms with Crippen LogP contribution in [0.2, 0.25) is 0 Å². The fourth-order valence-electron chi connectivity index (χ4n) is 3.17. The standard InChI is InChI=1S/C24H23N5O/c1-29(2)12-10-17-3-7-21(8-4-17)30-22-13-20(16-25)28-24(15-22)27-19-6-5-18-9-11-26-23(18)14-19/h3-9,11,13-15,26H,10,12H2,1-2H3,(H,27,28). The molecule has 6 nitrogen and oxygen atoms in total. The second kappa shape index (κ2) is 8.68. The molecule has 0 fully saturated rings. The van der Waals surface area contributed by atoms with Crippen molar-refractivity contribution in [3.8, 4) is 17.6 Å². The van der Waals surface area contributed by atoms with Crippen LogP contribution < -0.4 is 10.1 Å². The summed E-state index contributed by atoms with van der Waals surface area (Å²) in [6.45, 7) is 0.999. The Morgan fingerprint density at radius 3 is 2.63 bits per heavy atom. The Bertz CT molecular complexity index is 1190. The number of H-pyrrole nitrogens is 1. The number of benzene rings is 2. The minimum atomic E-state index is 0.290. The summed E-state index contributed by atoms with van der Waals surface area (Å²) in [4.78, 5) is 9.70. The smallest absolute Gasteiger partial charge is 0.146 e. The summed E-state index contributed by atoms with van der Waals surface area (Å²) >= 11 is 0. The molecular weight excluding hydrogens is 374 g/mol. The first-order valence-corrected chi connectivity index (χ1v) is 9.77. The molecular formula is C24H23N5O. The van der Waals surface area contributed by atoms with E-state index in [4.69, 9.17) is 4.74 Å². The molecule has 0 saturated heterocycles. The summed E-state index contributed by atoms with van der Waals surface area (Å²) in [6.07, 6.45) is 2.89. The lowest BCUT2D eigenvalue weighted by atomic mass is 10.1. The van der Waals surface area contributed by atoms with Gasteiger partial charge < -0.3 is 19.9 Å². The number of nitriles is 1. The van der Waals surface area contributed by atoms with Crippen LogP contribution in [0.5, 0.6) is 11.5 Å². The summed E-state index contributed by atoms with van der Waals surface area (Å²) < 4.78 is 5.99. The maximum atomic E-state index is 9.37. The molecule has 0 spiro atoms. The molecule has 0 saturated carbocycles. The van der Waals surface area contributed by atoms with Crippen LogP contribution in [-0.2, 0) is 6.42 Å². The van der Waals surface area contributed by atoms with E-state index >= 15 is 0 Å². The van der Waals surface area contributed by atoms with Crippen molar-refractivity contribution in [2.24, 2.45) is 0 Å². The highest BCUT2D eigenvalue weighted by molar-refractivity contribution is 5.83. The third kappa shape index (κ3) is 4.77. The van der Waals surface area contributed by atoms with Gasteiger partial charge in [0.15, 0.2) is 0 Å². The molecule has 2 aromatic carbocycles. The van der Waals surface area contributed by atoms with E-state index in [9.17, 15) is 5.26 Å². The lowest BCUT2D eigenvalue weighted by Crippen LogP contribution is -2.14. The quantitative estimate of drug-likeness (QED) is 0.455. The topological polar surface area (TPSA) is 77.0 Å². The van der Waals surface area contributed by atoms with E-state index in [1.807, 2.05) is 42.6 Å². The van der Waals surface area contributed by atoms with Gasteiger partial charge in [-0.25, -0.2) is 4.98 Å². The van der Waals surface area contributed by atoms with Gasteiger partial charge in [-0.3, -0.25) is 0 Å². The predicted octanol–water partition coefficient (Wildman–Crippen LogP) is 5.07. The molecule has 2 N–H and O–H groups in total. The molecule has 0 aliphatic carbocycles. The minimum absolute atomic E-state index is 0.290. The van der Waals surface area contributed by atoms with Crippen molar-refractivity contribution < 1.29 is 4.74 Å². The number of likely N-dealkylation sites (N-methyl/N-ethyl adjacent to an activating group) is 1. The van der Waals surface area contributed by atoms with Crippen molar-refractivity contribution in [1.29, 1.82) is 5.26 Å². The molecule has 150 valence electrons. The van der Waals surface area contributed by atoms with Crippen LogP contribution in [0.4, 0.5) is 11.5 Å². The zero-order valence-corrected chi connectivity index (χ0v) is 17.0. The summed E-state index contributed by atoms with van der Waals surface area (Å²) in [6, 6.07) is 21.6. The van der Waals surface area contributed by atoms with Crippen LogP contribution in [0.3, 0.4) is 0 Å². The molecule has 0 bridgehead atoms. The number of anilines is 2. The number of nitrogens with zero attached hydrogens (tertiary/aromatic N) is 3. The van der Waals surface area contributed by atoms with Gasteiger partial charge in [-0.1, -0.05) is 18.2 Å². The summed E-state index contributed by atoms with van der Waals surface area (Å²) in [7, 11) is 4.13. The number of ether oxygens (including phenoxy) is 1. The Labute approximate surface area is 175 Å². The van der Waals surface area contributed by atoms with Crippen molar-refractivity contribution in [2.45, 2.75) is 6.42 Å². The number of pyridine rings is 1. The van der Waals surface area contributed by atoms with Gasteiger partial charge in [-0.2, -0.15) is 5.26 Å². The SMILES string of the molecule is CN(C)CCc1ccc(Oc2cc(C#N)nc(Nc3ccc4cc[nH]c4c3)c2)cc1. The highest BCUT2D eigenvalue weighted by Gasteiger charge is 2.07. The number of aromatic nitrogens is 2. The lowest BCUT2D eigenvalue weighted by Gasteiger charge is -2.11. The summed E-state index contributed by atoms with van der Waals surface area (Å²) in [5.74, 6) is 1.83. The third-order valence-electron chi connectivity index (χ3n) is 4.75. The van der Waals surface area contributed by atoms with Crippen molar-refractivity contribution in [3.05, 3.63) is 78.1 Å². The molecule has 0 atom stereocenters. The van der Waals surface area contributed by atoms with Crippen LogP contribution in [0.15, 0.2) is 66.9 Å². The van der Waals surface area contributed by atoms with Gasteiger partial charge in [-0.15, -0.1) is 0 Å². The highest BCUT2D eigenvalue weighted by Crippen LogP contribution is 2.27. The lowest BCUT2D eigenvalue weighted by molar-refractivity contribution is 0.413. The third-order valence-corrected chi connectivity index (χ3v) is 4.75. The monoisotopic (exact) mass is 397 g/mol. The predicted molar refractivity (Wildman–Crippen MR) is 119 cm³/mol. The van der Waals surface area contributed by atoms with Crippen LogP contribution in [-0.4, -0.2) is 35.5 Å². The molecule has 4 rings (SSSR count). The molecule has 2 heterocycles. The van der Waals surface area contributed by atoms with Gasteiger partial charge in [-0.05, 0) is 61.8 Å². The van der Waals surface area contributed by atoms with Crippen LogP contribution in [0.25, 0.3) is 10.9 Å². The molecule has 4 aromatic rings. The van der Waals surface area contributed by atoms with Gasteiger partial charge in [0.25, 0.3) is 0 Å². The molecule has 30 heavy (non-hydrogen) atoms. The summed E-state index contributed by atoms with van der Waals surface area (Å²) in [5, 5.41) is 13.8.